The molecule has 1 aliphatic heterocycles. The van der Waals surface area contributed by atoms with Crippen LogP contribution in [0.1, 0.15) is 19.4 Å². The normalized spacial score (nSPS) is 24.5. The highest BCUT2D eigenvalue weighted by Crippen LogP contribution is 2.30. The van der Waals surface area contributed by atoms with E-state index in [9.17, 15) is 4.39 Å². The number of nitriles is 1. The standard InChI is InChI=1S/C13H15FN2/c1-9-7-16(8-10(9)2)13-5-3-4-12(14)11(13)6-15/h3-5,9-10H,7-8H2,1-2H3. The summed E-state index contributed by atoms with van der Waals surface area (Å²) in [6, 6.07) is 6.78. The monoisotopic (exact) mass is 218 g/mol. The van der Waals surface area contributed by atoms with Gasteiger partial charge in [0.2, 0.25) is 0 Å². The molecule has 0 spiro atoms. The largest absolute Gasteiger partial charge is 0.370 e. The number of halogens is 1. The van der Waals surface area contributed by atoms with Crippen molar-refractivity contribution in [2.45, 2.75) is 13.8 Å². The number of rotatable bonds is 1. The van der Waals surface area contributed by atoms with Crippen molar-refractivity contribution in [3.8, 4) is 6.07 Å². The Morgan fingerprint density at radius 3 is 2.50 bits per heavy atom. The molecular formula is C13H15FN2. The summed E-state index contributed by atoms with van der Waals surface area (Å²) in [4.78, 5) is 2.11. The van der Waals surface area contributed by atoms with Crippen LogP contribution in [-0.4, -0.2) is 13.1 Å². The van der Waals surface area contributed by atoms with Crippen LogP contribution in [0.25, 0.3) is 0 Å². The van der Waals surface area contributed by atoms with Crippen LogP contribution in [0, 0.1) is 29.0 Å². The number of hydrogen-bond donors (Lipinski definition) is 0. The van der Waals surface area contributed by atoms with Gasteiger partial charge < -0.3 is 4.90 Å². The number of hydrogen-bond acceptors (Lipinski definition) is 2. The lowest BCUT2D eigenvalue weighted by atomic mass is 10.0. The molecule has 0 N–H and O–H groups in total. The van der Waals surface area contributed by atoms with Gasteiger partial charge in [0.25, 0.3) is 0 Å². The molecule has 1 fully saturated rings. The van der Waals surface area contributed by atoms with Gasteiger partial charge in [0.1, 0.15) is 17.4 Å². The second-order valence-electron chi connectivity index (χ2n) is 4.61. The van der Waals surface area contributed by atoms with Crippen molar-refractivity contribution >= 4 is 5.69 Å². The van der Waals surface area contributed by atoms with Crippen molar-refractivity contribution in [3.63, 3.8) is 0 Å². The topological polar surface area (TPSA) is 27.0 Å². The van der Waals surface area contributed by atoms with E-state index in [0.29, 0.717) is 11.8 Å². The Hall–Kier alpha value is -1.56. The molecule has 3 heteroatoms. The van der Waals surface area contributed by atoms with Gasteiger partial charge in [-0.05, 0) is 24.0 Å². The van der Waals surface area contributed by atoms with Crippen LogP contribution >= 0.6 is 0 Å². The highest BCUT2D eigenvalue weighted by molar-refractivity contribution is 5.60. The number of nitrogens with zero attached hydrogens (tertiary/aromatic N) is 2. The first kappa shape index (κ1) is 10.9. The first-order chi connectivity index (χ1) is 7.63. The average Bonchev–Trinajstić information content (AvgIpc) is 2.59. The Morgan fingerprint density at radius 1 is 1.31 bits per heavy atom. The summed E-state index contributed by atoms with van der Waals surface area (Å²) in [6.45, 7) is 6.19. The second-order valence-corrected chi connectivity index (χ2v) is 4.61. The molecule has 0 aromatic heterocycles. The minimum Gasteiger partial charge on any atom is -0.370 e. The van der Waals surface area contributed by atoms with Crippen LogP contribution in [0.3, 0.4) is 0 Å². The highest BCUT2D eigenvalue weighted by Gasteiger charge is 2.28. The van der Waals surface area contributed by atoms with Crippen molar-refractivity contribution in [3.05, 3.63) is 29.6 Å². The predicted octanol–water partition coefficient (Wildman–Crippen LogP) is 2.79. The van der Waals surface area contributed by atoms with E-state index >= 15 is 0 Å². The quantitative estimate of drug-likeness (QED) is 0.724. The molecule has 0 amide bonds. The Bertz CT molecular complexity index is 426. The molecule has 16 heavy (non-hydrogen) atoms. The molecule has 1 saturated heterocycles. The molecule has 2 nitrogen and oxygen atoms in total. The van der Waals surface area contributed by atoms with Gasteiger partial charge in [-0.15, -0.1) is 0 Å². The van der Waals surface area contributed by atoms with E-state index in [4.69, 9.17) is 5.26 Å². The van der Waals surface area contributed by atoms with Gasteiger partial charge in [-0.1, -0.05) is 19.9 Å². The first-order valence-corrected chi connectivity index (χ1v) is 5.57. The minimum absolute atomic E-state index is 0.170. The van der Waals surface area contributed by atoms with E-state index in [1.54, 1.807) is 6.07 Å². The fourth-order valence-corrected chi connectivity index (χ4v) is 2.21. The van der Waals surface area contributed by atoms with Gasteiger partial charge in [-0.25, -0.2) is 4.39 Å². The smallest absolute Gasteiger partial charge is 0.143 e. The highest BCUT2D eigenvalue weighted by atomic mass is 19.1. The van der Waals surface area contributed by atoms with E-state index in [1.807, 2.05) is 12.1 Å². The summed E-state index contributed by atoms with van der Waals surface area (Å²) in [7, 11) is 0. The molecule has 0 radical (unpaired) electrons. The molecule has 1 aromatic rings. The maximum Gasteiger partial charge on any atom is 0.143 e. The van der Waals surface area contributed by atoms with Gasteiger partial charge in [0.15, 0.2) is 0 Å². The fourth-order valence-electron chi connectivity index (χ4n) is 2.21. The minimum atomic E-state index is -0.424. The van der Waals surface area contributed by atoms with E-state index in [2.05, 4.69) is 18.7 Å². The zero-order chi connectivity index (χ0) is 11.7. The lowest BCUT2D eigenvalue weighted by Crippen LogP contribution is -2.21. The van der Waals surface area contributed by atoms with Crippen molar-refractivity contribution < 1.29 is 4.39 Å². The summed E-state index contributed by atoms with van der Waals surface area (Å²) in [5.41, 5.74) is 0.905. The predicted molar refractivity (Wildman–Crippen MR) is 61.7 cm³/mol. The van der Waals surface area contributed by atoms with Crippen molar-refractivity contribution in [2.75, 3.05) is 18.0 Å². The van der Waals surface area contributed by atoms with E-state index in [1.165, 1.54) is 6.07 Å². The average molecular weight is 218 g/mol. The van der Waals surface area contributed by atoms with Gasteiger partial charge in [-0.2, -0.15) is 5.26 Å². The molecule has 2 rings (SSSR count). The molecular weight excluding hydrogens is 203 g/mol. The summed E-state index contributed by atoms with van der Waals surface area (Å²) < 4.78 is 13.4. The van der Waals surface area contributed by atoms with Crippen molar-refractivity contribution in [2.24, 2.45) is 11.8 Å². The first-order valence-electron chi connectivity index (χ1n) is 5.57. The molecule has 2 atom stereocenters. The third-order valence-electron chi connectivity index (χ3n) is 3.43. The summed E-state index contributed by atoms with van der Waals surface area (Å²) >= 11 is 0. The number of anilines is 1. The molecule has 1 aliphatic rings. The third kappa shape index (κ3) is 1.76. The molecule has 0 aliphatic carbocycles. The Balaban J connectivity index is 2.35. The van der Waals surface area contributed by atoms with Crippen LogP contribution in [0.5, 0.6) is 0 Å². The van der Waals surface area contributed by atoms with E-state index in [-0.39, 0.29) is 5.56 Å². The van der Waals surface area contributed by atoms with Gasteiger partial charge in [0, 0.05) is 13.1 Å². The van der Waals surface area contributed by atoms with E-state index in [0.717, 1.165) is 18.8 Å². The summed E-state index contributed by atoms with van der Waals surface area (Å²) in [6.07, 6.45) is 0. The van der Waals surface area contributed by atoms with Gasteiger partial charge in [0.05, 0.1) is 5.69 Å². The van der Waals surface area contributed by atoms with E-state index < -0.39 is 5.82 Å². The molecule has 0 bridgehead atoms. The van der Waals surface area contributed by atoms with Gasteiger partial charge >= 0.3 is 0 Å². The molecule has 84 valence electrons. The van der Waals surface area contributed by atoms with Crippen molar-refractivity contribution in [1.82, 2.24) is 0 Å². The lowest BCUT2D eigenvalue weighted by Gasteiger charge is -2.19. The van der Waals surface area contributed by atoms with Crippen LogP contribution in [0.15, 0.2) is 18.2 Å². The Labute approximate surface area is 95.3 Å². The lowest BCUT2D eigenvalue weighted by molar-refractivity contribution is 0.494. The zero-order valence-electron chi connectivity index (χ0n) is 9.57. The van der Waals surface area contributed by atoms with Crippen LogP contribution in [-0.2, 0) is 0 Å². The molecule has 2 unspecified atom stereocenters. The maximum atomic E-state index is 13.4. The molecule has 1 heterocycles. The Kier molecular flexibility index (Phi) is 2.82. The van der Waals surface area contributed by atoms with Crippen LogP contribution < -0.4 is 4.90 Å². The fraction of sp³-hybridized carbons (Fsp3) is 0.462. The second kappa shape index (κ2) is 4.13. The summed E-state index contributed by atoms with van der Waals surface area (Å²) in [5.74, 6) is 0.761. The molecule has 0 saturated carbocycles. The van der Waals surface area contributed by atoms with Gasteiger partial charge in [-0.3, -0.25) is 0 Å². The molecule has 1 aromatic carbocycles. The maximum absolute atomic E-state index is 13.4. The van der Waals surface area contributed by atoms with Crippen molar-refractivity contribution in [1.29, 1.82) is 5.26 Å². The number of benzene rings is 1. The zero-order valence-corrected chi connectivity index (χ0v) is 9.57. The van der Waals surface area contributed by atoms with Crippen LogP contribution in [0.4, 0.5) is 10.1 Å². The Morgan fingerprint density at radius 2 is 1.94 bits per heavy atom. The van der Waals surface area contributed by atoms with Crippen LogP contribution in [0.2, 0.25) is 0 Å². The summed E-state index contributed by atoms with van der Waals surface area (Å²) in [5, 5.41) is 8.97. The SMILES string of the molecule is CC1CN(c2cccc(F)c2C#N)CC1C. The third-order valence-corrected chi connectivity index (χ3v) is 3.43.